The predicted octanol–water partition coefficient (Wildman–Crippen LogP) is 5.10. The summed E-state index contributed by atoms with van der Waals surface area (Å²) in [6.07, 6.45) is 1.80. The van der Waals surface area contributed by atoms with Gasteiger partial charge in [0.25, 0.3) is 5.91 Å². The van der Waals surface area contributed by atoms with Gasteiger partial charge in [0.05, 0.1) is 11.5 Å². The van der Waals surface area contributed by atoms with Crippen LogP contribution >= 0.6 is 27.7 Å². The molecule has 152 valence electrons. The van der Waals surface area contributed by atoms with Crippen molar-refractivity contribution in [2.24, 2.45) is 4.99 Å². The molecule has 0 aliphatic carbocycles. The summed E-state index contributed by atoms with van der Waals surface area (Å²) in [4.78, 5) is 18.6. The summed E-state index contributed by atoms with van der Waals surface area (Å²) < 4.78 is 25.7. The maximum atomic E-state index is 13.4. The number of ether oxygens (including phenoxy) is 2. The van der Waals surface area contributed by atoms with Crippen LogP contribution in [0.5, 0.6) is 11.5 Å². The van der Waals surface area contributed by atoms with Gasteiger partial charge >= 0.3 is 0 Å². The third kappa shape index (κ3) is 5.00. The number of amidine groups is 1. The Hall–Kier alpha value is -2.32. The maximum absolute atomic E-state index is 13.4. The number of aliphatic imine (C=N–C) groups is 1. The van der Waals surface area contributed by atoms with E-state index in [1.807, 2.05) is 13.0 Å². The third-order valence-electron chi connectivity index (χ3n) is 4.13. The molecular formula is C21H20BrFN2O3S. The van der Waals surface area contributed by atoms with Crippen LogP contribution in [0.3, 0.4) is 0 Å². The van der Waals surface area contributed by atoms with E-state index in [4.69, 9.17) is 9.47 Å². The maximum Gasteiger partial charge on any atom is 0.266 e. The summed E-state index contributed by atoms with van der Waals surface area (Å²) in [5.41, 5.74) is 1.50. The van der Waals surface area contributed by atoms with E-state index in [0.717, 1.165) is 15.6 Å². The molecule has 0 atom stereocenters. The minimum Gasteiger partial charge on any atom is -0.490 e. The fraction of sp³-hybridized carbons (Fsp3) is 0.238. The fourth-order valence-corrected chi connectivity index (χ4v) is 4.08. The number of thioether (sulfide) groups is 1. The number of nitrogens with zero attached hydrogens (tertiary/aromatic N) is 2. The van der Waals surface area contributed by atoms with Crippen molar-refractivity contribution in [3.63, 3.8) is 0 Å². The molecule has 2 aromatic rings. The summed E-state index contributed by atoms with van der Waals surface area (Å²) in [6, 6.07) is 9.87. The Morgan fingerprint density at radius 1 is 1.24 bits per heavy atom. The van der Waals surface area contributed by atoms with E-state index in [1.165, 1.54) is 28.8 Å². The van der Waals surface area contributed by atoms with Gasteiger partial charge in [-0.2, -0.15) is 0 Å². The molecule has 2 aromatic carbocycles. The lowest BCUT2D eigenvalue weighted by molar-refractivity contribution is -0.121. The first-order valence-electron chi connectivity index (χ1n) is 8.91. The second-order valence-electron chi connectivity index (χ2n) is 6.15. The van der Waals surface area contributed by atoms with Crippen molar-refractivity contribution in [1.82, 2.24) is 4.90 Å². The van der Waals surface area contributed by atoms with Crippen LogP contribution in [-0.4, -0.2) is 36.7 Å². The minimum absolute atomic E-state index is 0.105. The second-order valence-corrected chi connectivity index (χ2v) is 8.02. The fourth-order valence-electron chi connectivity index (χ4n) is 2.72. The molecule has 1 aliphatic heterocycles. The average Bonchev–Trinajstić information content (AvgIpc) is 2.97. The largest absolute Gasteiger partial charge is 0.490 e. The van der Waals surface area contributed by atoms with Gasteiger partial charge in [-0.1, -0.05) is 28.1 Å². The van der Waals surface area contributed by atoms with Gasteiger partial charge in [-0.25, -0.2) is 4.39 Å². The summed E-state index contributed by atoms with van der Waals surface area (Å²) in [5, 5.41) is 0.650. The molecule has 0 aromatic heterocycles. The van der Waals surface area contributed by atoms with Gasteiger partial charge in [0, 0.05) is 18.6 Å². The van der Waals surface area contributed by atoms with E-state index in [9.17, 15) is 9.18 Å². The molecule has 0 bridgehead atoms. The van der Waals surface area contributed by atoms with Crippen molar-refractivity contribution < 1.29 is 18.7 Å². The topological polar surface area (TPSA) is 51.1 Å². The van der Waals surface area contributed by atoms with E-state index >= 15 is 0 Å². The standard InChI is InChI=1S/C21H20BrFN2O3S/c1-4-27-17-9-14(10-19-20(26)25(3)21(24-2)29-19)16(22)11-18(17)28-12-13-6-5-7-15(23)8-13/h5-11H,4,12H2,1-3H3/b19-10+,24-21?. The monoisotopic (exact) mass is 478 g/mol. The van der Waals surface area contributed by atoms with Gasteiger partial charge in [0.2, 0.25) is 0 Å². The van der Waals surface area contributed by atoms with Gasteiger partial charge in [0.15, 0.2) is 16.7 Å². The molecule has 0 N–H and O–H groups in total. The van der Waals surface area contributed by atoms with Gasteiger partial charge in [-0.3, -0.25) is 14.7 Å². The van der Waals surface area contributed by atoms with Crippen LogP contribution in [0.15, 0.2) is 50.8 Å². The number of hydrogen-bond donors (Lipinski definition) is 0. The van der Waals surface area contributed by atoms with Crippen LogP contribution in [0.2, 0.25) is 0 Å². The molecule has 1 heterocycles. The quantitative estimate of drug-likeness (QED) is 0.542. The van der Waals surface area contributed by atoms with Gasteiger partial charge in [-0.05, 0) is 60.2 Å². The minimum atomic E-state index is -0.307. The summed E-state index contributed by atoms with van der Waals surface area (Å²) in [6.45, 7) is 2.54. The highest BCUT2D eigenvalue weighted by molar-refractivity contribution is 9.10. The van der Waals surface area contributed by atoms with Crippen LogP contribution < -0.4 is 9.47 Å². The van der Waals surface area contributed by atoms with E-state index in [0.29, 0.717) is 28.2 Å². The van der Waals surface area contributed by atoms with Gasteiger partial charge in [0.1, 0.15) is 12.4 Å². The molecule has 0 unspecified atom stereocenters. The van der Waals surface area contributed by atoms with Crippen LogP contribution in [0, 0.1) is 5.82 Å². The Labute approximate surface area is 181 Å². The molecule has 1 fully saturated rings. The molecule has 0 saturated carbocycles. The summed E-state index contributed by atoms with van der Waals surface area (Å²) in [7, 11) is 3.35. The lowest BCUT2D eigenvalue weighted by atomic mass is 10.1. The van der Waals surface area contributed by atoms with Gasteiger partial charge in [-0.15, -0.1) is 0 Å². The Kier molecular flexibility index (Phi) is 6.97. The molecule has 1 aliphatic rings. The zero-order valence-electron chi connectivity index (χ0n) is 16.2. The molecule has 3 rings (SSSR count). The van der Waals surface area contributed by atoms with Crippen LogP contribution in [-0.2, 0) is 11.4 Å². The van der Waals surface area contributed by atoms with Crippen LogP contribution in [0.25, 0.3) is 6.08 Å². The molecule has 0 radical (unpaired) electrons. The van der Waals surface area contributed by atoms with Crippen molar-refractivity contribution in [2.75, 3.05) is 20.7 Å². The summed E-state index contributed by atoms with van der Waals surface area (Å²) in [5.74, 6) is 0.667. The average molecular weight is 479 g/mol. The van der Waals surface area contributed by atoms with E-state index < -0.39 is 0 Å². The molecule has 0 spiro atoms. The highest BCUT2D eigenvalue weighted by Gasteiger charge is 2.30. The number of carbonyl (C=O) groups excluding carboxylic acids is 1. The van der Waals surface area contributed by atoms with E-state index in [2.05, 4.69) is 20.9 Å². The van der Waals surface area contributed by atoms with Gasteiger partial charge < -0.3 is 9.47 Å². The molecule has 5 nitrogen and oxygen atoms in total. The Morgan fingerprint density at radius 3 is 2.66 bits per heavy atom. The highest BCUT2D eigenvalue weighted by Crippen LogP contribution is 2.38. The Morgan fingerprint density at radius 2 is 2.00 bits per heavy atom. The van der Waals surface area contributed by atoms with Crippen LogP contribution in [0.4, 0.5) is 4.39 Å². The number of rotatable bonds is 6. The zero-order chi connectivity index (χ0) is 21.0. The molecule has 1 saturated heterocycles. The normalized spacial score (nSPS) is 16.7. The van der Waals surface area contributed by atoms with Crippen molar-refractivity contribution in [3.8, 4) is 11.5 Å². The smallest absolute Gasteiger partial charge is 0.266 e. The van der Waals surface area contributed by atoms with Crippen LogP contribution in [0.1, 0.15) is 18.1 Å². The van der Waals surface area contributed by atoms with E-state index in [1.54, 1.807) is 38.4 Å². The van der Waals surface area contributed by atoms with Crippen molar-refractivity contribution in [1.29, 1.82) is 0 Å². The first-order valence-corrected chi connectivity index (χ1v) is 10.5. The third-order valence-corrected chi connectivity index (χ3v) is 5.97. The molecule has 29 heavy (non-hydrogen) atoms. The first kappa shape index (κ1) is 21.4. The number of hydrogen-bond acceptors (Lipinski definition) is 5. The number of amides is 1. The van der Waals surface area contributed by atoms with Crippen molar-refractivity contribution in [2.45, 2.75) is 13.5 Å². The first-order chi connectivity index (χ1) is 13.9. The predicted molar refractivity (Wildman–Crippen MR) is 118 cm³/mol. The Balaban J connectivity index is 1.88. The Bertz CT molecular complexity index is 994. The SMILES string of the molecule is CCOc1cc(/C=C2/SC(=NC)N(C)C2=O)c(Br)cc1OCc1cccc(F)c1. The molecule has 1 amide bonds. The zero-order valence-corrected chi connectivity index (χ0v) is 18.6. The number of carbonyl (C=O) groups is 1. The number of likely N-dealkylation sites (N-methyl/N-ethyl adjacent to an activating group) is 1. The summed E-state index contributed by atoms with van der Waals surface area (Å²) >= 11 is 4.86. The van der Waals surface area contributed by atoms with Crippen molar-refractivity contribution >= 4 is 44.8 Å². The van der Waals surface area contributed by atoms with Crippen molar-refractivity contribution in [3.05, 3.63) is 62.7 Å². The number of halogens is 2. The second kappa shape index (κ2) is 9.45. The number of benzene rings is 2. The molecule has 8 heteroatoms. The lowest BCUT2D eigenvalue weighted by Gasteiger charge is -2.14. The van der Waals surface area contributed by atoms with E-state index in [-0.39, 0.29) is 18.3 Å². The molecular weight excluding hydrogens is 459 g/mol. The lowest BCUT2D eigenvalue weighted by Crippen LogP contribution is -2.23. The highest BCUT2D eigenvalue weighted by atomic mass is 79.9.